The number of likely N-dealkylation sites (tertiary alicyclic amines) is 1. The zero-order valence-corrected chi connectivity index (χ0v) is 24.9. The molecule has 0 saturated carbocycles. The van der Waals surface area contributed by atoms with E-state index >= 15 is 0 Å². The zero-order chi connectivity index (χ0) is 29.3. The first-order valence-corrected chi connectivity index (χ1v) is 13.9. The summed E-state index contributed by atoms with van der Waals surface area (Å²) in [4.78, 5) is 21.6. The molecule has 0 amide bonds. The number of nitrogens with two attached hydrogens (primary N) is 2. The van der Waals surface area contributed by atoms with E-state index in [0.717, 1.165) is 69.9 Å². The fraction of sp³-hybridized carbons (Fsp3) is 0.724. The van der Waals surface area contributed by atoms with E-state index in [1.54, 1.807) is 0 Å². The number of carbonyl (C=O) groups excluding carboxylic acids is 2. The van der Waals surface area contributed by atoms with Gasteiger partial charge in [0.2, 0.25) is 0 Å². The van der Waals surface area contributed by atoms with Crippen LogP contribution in [0.25, 0.3) is 0 Å². The van der Waals surface area contributed by atoms with Crippen LogP contribution in [-0.4, -0.2) is 80.5 Å². The molecule has 0 bridgehead atoms. The topological polar surface area (TPSA) is 138 Å². The van der Waals surface area contributed by atoms with Crippen molar-refractivity contribution in [3.63, 3.8) is 0 Å². The average Bonchev–Trinajstić information content (AvgIpc) is 2.86. The Morgan fingerprint density at radius 1 is 0.846 bits per heavy atom. The molecule has 3 aliphatic heterocycles. The summed E-state index contributed by atoms with van der Waals surface area (Å²) in [5.41, 5.74) is 12.2. The minimum atomic E-state index is -0.318. The lowest BCUT2D eigenvalue weighted by Crippen LogP contribution is -2.39. The maximum Gasteiger partial charge on any atom is 0.293 e. The van der Waals surface area contributed by atoms with E-state index in [1.165, 1.54) is 5.56 Å². The van der Waals surface area contributed by atoms with Crippen molar-refractivity contribution in [2.45, 2.75) is 97.1 Å². The van der Waals surface area contributed by atoms with E-state index in [-0.39, 0.29) is 11.2 Å². The van der Waals surface area contributed by atoms with Crippen molar-refractivity contribution >= 4 is 12.9 Å². The normalized spacial score (nSPS) is 18.1. The molecule has 3 aliphatic rings. The zero-order valence-electron chi connectivity index (χ0n) is 24.9. The first-order valence-electron chi connectivity index (χ1n) is 13.9. The van der Waals surface area contributed by atoms with Crippen molar-refractivity contribution in [3.8, 4) is 11.5 Å². The number of fused-ring (bicyclic) bond motifs is 1. The van der Waals surface area contributed by atoms with Crippen molar-refractivity contribution < 1.29 is 28.5 Å². The molecule has 0 unspecified atom stereocenters. The molecule has 0 spiro atoms. The second-order valence-electron chi connectivity index (χ2n) is 11.8. The van der Waals surface area contributed by atoms with Gasteiger partial charge in [0.05, 0.1) is 0 Å². The molecule has 4 rings (SSSR count). The molecule has 2 fully saturated rings. The summed E-state index contributed by atoms with van der Waals surface area (Å²) in [6.07, 6.45) is 4.51. The van der Waals surface area contributed by atoms with Gasteiger partial charge in [-0.25, -0.2) is 0 Å². The Kier molecular flexibility index (Phi) is 16.0. The van der Waals surface area contributed by atoms with Crippen molar-refractivity contribution in [1.29, 1.82) is 0 Å². The Hall–Kier alpha value is -2.40. The number of piperidine rings is 2. The van der Waals surface area contributed by atoms with Gasteiger partial charge < -0.3 is 35.7 Å². The fourth-order valence-corrected chi connectivity index (χ4v) is 3.69. The number of benzene rings is 1. The van der Waals surface area contributed by atoms with Crippen molar-refractivity contribution in [3.05, 3.63) is 23.8 Å². The minimum absolute atomic E-state index is 0.318. The van der Waals surface area contributed by atoms with Gasteiger partial charge in [0.1, 0.15) is 24.4 Å². The first-order chi connectivity index (χ1) is 18.3. The molecule has 224 valence electrons. The average molecular weight is 553 g/mol. The molecular formula is C29H52N4O6. The highest BCUT2D eigenvalue weighted by Gasteiger charge is 2.17. The largest absolute Gasteiger partial charge is 0.486 e. The lowest BCUT2D eigenvalue weighted by Gasteiger charge is -2.30. The molecule has 10 heteroatoms. The van der Waals surface area contributed by atoms with Crippen LogP contribution in [0, 0.1) is 0 Å². The molecule has 0 radical (unpaired) electrons. The summed E-state index contributed by atoms with van der Waals surface area (Å²) < 4.78 is 20.2. The molecule has 0 aromatic heterocycles. The molecule has 5 N–H and O–H groups in total. The van der Waals surface area contributed by atoms with E-state index in [1.807, 2.05) is 47.6 Å². The smallest absolute Gasteiger partial charge is 0.293 e. The second-order valence-corrected chi connectivity index (χ2v) is 11.8. The third-order valence-electron chi connectivity index (χ3n) is 5.83. The number of nitrogens with zero attached hydrogens (tertiary/aromatic N) is 1. The van der Waals surface area contributed by atoms with Crippen LogP contribution in [0.2, 0.25) is 0 Å². The summed E-state index contributed by atoms with van der Waals surface area (Å²) in [5.74, 6) is 1.75. The first kappa shape index (κ1) is 34.6. The number of carbonyl (C=O) groups is 2. The van der Waals surface area contributed by atoms with E-state index < -0.39 is 0 Å². The SMILES string of the molecule is CC(C)(C)OC=O.CC(C)(C)OC=O.NC1CCN(Cc2ccc3c(c2)OCCO3)CC1.NC1CCNCC1. The van der Waals surface area contributed by atoms with Gasteiger partial charge in [0.15, 0.2) is 11.5 Å². The van der Waals surface area contributed by atoms with Gasteiger partial charge in [-0.2, -0.15) is 0 Å². The third-order valence-corrected chi connectivity index (χ3v) is 5.83. The Bertz CT molecular complexity index is 791. The minimum Gasteiger partial charge on any atom is -0.486 e. The molecule has 0 aliphatic carbocycles. The van der Waals surface area contributed by atoms with E-state index in [2.05, 4.69) is 31.8 Å². The van der Waals surface area contributed by atoms with E-state index in [9.17, 15) is 9.59 Å². The maximum absolute atomic E-state index is 9.60. The lowest BCUT2D eigenvalue weighted by molar-refractivity contribution is -0.139. The van der Waals surface area contributed by atoms with Crippen LogP contribution in [0.4, 0.5) is 0 Å². The van der Waals surface area contributed by atoms with Crippen LogP contribution in [0.15, 0.2) is 18.2 Å². The van der Waals surface area contributed by atoms with Crippen LogP contribution < -0.4 is 26.3 Å². The van der Waals surface area contributed by atoms with Gasteiger partial charge in [-0.15, -0.1) is 0 Å². The summed E-state index contributed by atoms with van der Waals surface area (Å²) in [5, 5.41) is 3.24. The van der Waals surface area contributed by atoms with Crippen molar-refractivity contribution in [2.75, 3.05) is 39.4 Å². The highest BCUT2D eigenvalue weighted by molar-refractivity contribution is 5.43. The summed E-state index contributed by atoms with van der Waals surface area (Å²) in [6, 6.07) is 7.10. The third kappa shape index (κ3) is 17.7. The van der Waals surface area contributed by atoms with Gasteiger partial charge in [-0.3, -0.25) is 14.5 Å². The van der Waals surface area contributed by atoms with E-state index in [4.69, 9.17) is 20.9 Å². The highest BCUT2D eigenvalue weighted by atomic mass is 16.6. The number of rotatable bonds is 4. The standard InChI is InChI=1S/C14H20N2O2.C5H12N2.2C5H10O2/c15-12-3-5-16(6-4-12)10-11-1-2-13-14(9-11)18-8-7-17-13;6-5-1-3-7-4-2-5;2*1-5(2,3)7-4-6/h1-2,9,12H,3-8,10,15H2;5,7H,1-4,6H2;2*4H,1-3H3. The highest BCUT2D eigenvalue weighted by Crippen LogP contribution is 2.31. The van der Waals surface area contributed by atoms with Crippen LogP contribution in [0.1, 0.15) is 72.8 Å². The summed E-state index contributed by atoms with van der Waals surface area (Å²) in [7, 11) is 0. The Morgan fingerprint density at radius 2 is 1.33 bits per heavy atom. The predicted molar refractivity (Wildman–Crippen MR) is 154 cm³/mol. The number of ether oxygens (including phenoxy) is 4. The Labute approximate surface area is 235 Å². The molecule has 1 aromatic rings. The van der Waals surface area contributed by atoms with Gasteiger partial charge in [0, 0.05) is 18.6 Å². The van der Waals surface area contributed by atoms with E-state index in [0.29, 0.717) is 38.2 Å². The molecule has 39 heavy (non-hydrogen) atoms. The van der Waals surface area contributed by atoms with Crippen molar-refractivity contribution in [1.82, 2.24) is 10.2 Å². The Balaban J connectivity index is 0.000000301. The fourth-order valence-electron chi connectivity index (χ4n) is 3.69. The van der Waals surface area contributed by atoms with Crippen LogP contribution in [-0.2, 0) is 25.6 Å². The number of hydrogen-bond donors (Lipinski definition) is 3. The second kappa shape index (κ2) is 18.0. The Morgan fingerprint density at radius 3 is 1.74 bits per heavy atom. The van der Waals surface area contributed by atoms with Gasteiger partial charge >= 0.3 is 0 Å². The quantitative estimate of drug-likeness (QED) is 0.478. The molecule has 2 saturated heterocycles. The van der Waals surface area contributed by atoms with Crippen LogP contribution in [0.5, 0.6) is 11.5 Å². The molecule has 0 atom stereocenters. The number of hydrogen-bond acceptors (Lipinski definition) is 10. The number of nitrogens with one attached hydrogen (secondary N) is 1. The maximum atomic E-state index is 9.60. The molecule has 10 nitrogen and oxygen atoms in total. The monoisotopic (exact) mass is 552 g/mol. The van der Waals surface area contributed by atoms with Crippen LogP contribution in [0.3, 0.4) is 0 Å². The predicted octanol–water partition coefficient (Wildman–Crippen LogP) is 2.99. The van der Waals surface area contributed by atoms with Gasteiger partial charge in [-0.1, -0.05) is 6.07 Å². The lowest BCUT2D eigenvalue weighted by atomic mass is 10.1. The van der Waals surface area contributed by atoms with Crippen LogP contribution >= 0.6 is 0 Å². The van der Waals surface area contributed by atoms with Gasteiger partial charge in [-0.05, 0) is 111 Å². The summed E-state index contributed by atoms with van der Waals surface area (Å²) in [6.45, 7) is 18.5. The molecule has 3 heterocycles. The molecule has 1 aromatic carbocycles. The molecular weight excluding hydrogens is 500 g/mol. The van der Waals surface area contributed by atoms with Crippen molar-refractivity contribution in [2.24, 2.45) is 11.5 Å². The van der Waals surface area contributed by atoms with Gasteiger partial charge in [0.25, 0.3) is 12.9 Å². The summed E-state index contributed by atoms with van der Waals surface area (Å²) >= 11 is 0.